The second-order valence-electron chi connectivity index (χ2n) is 16.2. The SMILES string of the molecule is CCCOP(OCCC)(OCCC)=C(C(=O)OCc1ccc([N+](=O)[O-])cc1)N1C(=O)C(C(C)O[Si](C)(C)C)C1CC(=O)SC1CCN(C(C)=NC(=O)OCc2ccc([N+](=O)[O-])cc2)C1. The Balaban J connectivity index is 1.61. The Bertz CT molecular complexity index is 2040. The Kier molecular flexibility index (Phi) is 19.7. The fraction of sp³-hybridized carbons (Fsp3) is 0.571. The molecule has 2 aliphatic rings. The number of nitro groups is 2. The molecule has 2 aliphatic heterocycles. The number of non-ortho nitro benzene ring substituents is 2. The molecule has 0 aliphatic carbocycles. The van der Waals surface area contributed by atoms with Crippen LogP contribution in [0.5, 0.6) is 0 Å². The summed E-state index contributed by atoms with van der Waals surface area (Å²) in [6.45, 7) is 16.0. The zero-order chi connectivity index (χ0) is 47.2. The van der Waals surface area contributed by atoms with Crippen molar-refractivity contribution in [3.63, 3.8) is 0 Å². The molecule has 19 nitrogen and oxygen atoms in total. The monoisotopic (exact) mass is 949 g/mol. The topological polar surface area (TPSA) is 229 Å². The molecule has 2 fully saturated rings. The molecule has 0 bridgehead atoms. The van der Waals surface area contributed by atoms with E-state index in [0.717, 1.165) is 11.8 Å². The van der Waals surface area contributed by atoms with Crippen molar-refractivity contribution < 1.29 is 56.5 Å². The highest BCUT2D eigenvalue weighted by atomic mass is 32.2. The van der Waals surface area contributed by atoms with Gasteiger partial charge in [-0.1, -0.05) is 32.5 Å². The largest absolute Gasteiger partial charge is 0.456 e. The number of amides is 2. The van der Waals surface area contributed by atoms with E-state index in [4.69, 9.17) is 27.5 Å². The van der Waals surface area contributed by atoms with Crippen LogP contribution in [0.1, 0.15) is 77.8 Å². The van der Waals surface area contributed by atoms with Gasteiger partial charge >= 0.3 is 12.1 Å². The summed E-state index contributed by atoms with van der Waals surface area (Å²) in [6, 6.07) is 10.3. The maximum Gasteiger partial charge on any atom is 0.435 e. The summed E-state index contributed by atoms with van der Waals surface area (Å²) in [5.74, 6) is -1.83. The first kappa shape index (κ1) is 52.1. The molecule has 2 aromatic rings. The Morgan fingerprint density at radius 3 is 1.83 bits per heavy atom. The van der Waals surface area contributed by atoms with Gasteiger partial charge in [0.1, 0.15) is 19.0 Å². The lowest BCUT2D eigenvalue weighted by molar-refractivity contribution is -0.385. The number of ether oxygens (including phenoxy) is 2. The van der Waals surface area contributed by atoms with Gasteiger partial charge < -0.3 is 32.4 Å². The molecule has 0 aromatic heterocycles. The van der Waals surface area contributed by atoms with Crippen molar-refractivity contribution in [3.8, 4) is 0 Å². The smallest absolute Gasteiger partial charge is 0.435 e. The van der Waals surface area contributed by atoms with Crippen molar-refractivity contribution in [1.29, 1.82) is 0 Å². The maximum absolute atomic E-state index is 14.6. The fourth-order valence-corrected chi connectivity index (χ4v) is 12.0. The number of hydrogen-bond acceptors (Lipinski definition) is 15. The Labute approximate surface area is 379 Å². The van der Waals surface area contributed by atoms with E-state index in [-0.39, 0.29) is 66.6 Å². The lowest BCUT2D eigenvalue weighted by Gasteiger charge is -2.51. The van der Waals surface area contributed by atoms with Gasteiger partial charge in [-0.15, -0.1) is 0 Å². The highest BCUT2D eigenvalue weighted by Gasteiger charge is 2.57. The van der Waals surface area contributed by atoms with E-state index >= 15 is 0 Å². The van der Waals surface area contributed by atoms with Crippen LogP contribution < -0.4 is 0 Å². The quantitative estimate of drug-likeness (QED) is 0.0149. The van der Waals surface area contributed by atoms with Gasteiger partial charge in [-0.25, -0.2) is 9.59 Å². The molecule has 0 saturated carbocycles. The number of benzene rings is 2. The van der Waals surface area contributed by atoms with Gasteiger partial charge in [0, 0.05) is 49.0 Å². The summed E-state index contributed by atoms with van der Waals surface area (Å²) in [5, 5.41) is 21.8. The predicted molar refractivity (Wildman–Crippen MR) is 245 cm³/mol. The molecule has 4 rings (SSSR count). The predicted octanol–water partition coefficient (Wildman–Crippen LogP) is 8.26. The number of esters is 1. The van der Waals surface area contributed by atoms with Crippen LogP contribution in [0.25, 0.3) is 0 Å². The molecule has 64 heavy (non-hydrogen) atoms. The van der Waals surface area contributed by atoms with Gasteiger partial charge in [0.2, 0.25) is 11.3 Å². The molecule has 4 atom stereocenters. The van der Waals surface area contributed by atoms with Crippen molar-refractivity contribution in [1.82, 2.24) is 9.80 Å². The van der Waals surface area contributed by atoms with E-state index in [9.17, 15) is 39.4 Å². The first-order chi connectivity index (χ1) is 30.3. The van der Waals surface area contributed by atoms with Gasteiger partial charge in [-0.2, -0.15) is 4.99 Å². The summed E-state index contributed by atoms with van der Waals surface area (Å²) in [7, 11) is -6.07. The van der Waals surface area contributed by atoms with Gasteiger partial charge in [0.05, 0.1) is 47.7 Å². The molecule has 22 heteroatoms. The van der Waals surface area contributed by atoms with Crippen LogP contribution in [0.2, 0.25) is 19.6 Å². The van der Waals surface area contributed by atoms with Gasteiger partial charge in [0.15, 0.2) is 13.4 Å². The molecule has 2 aromatic carbocycles. The Morgan fingerprint density at radius 1 is 0.859 bits per heavy atom. The molecule has 2 saturated heterocycles. The van der Waals surface area contributed by atoms with Gasteiger partial charge in [-0.3, -0.25) is 34.7 Å². The molecule has 2 heterocycles. The van der Waals surface area contributed by atoms with Gasteiger partial charge in [0.25, 0.3) is 18.9 Å². The van der Waals surface area contributed by atoms with Crippen LogP contribution in [0.4, 0.5) is 16.2 Å². The lowest BCUT2D eigenvalue weighted by Crippen LogP contribution is -2.68. The zero-order valence-electron chi connectivity index (χ0n) is 37.7. The average Bonchev–Trinajstić information content (AvgIpc) is 3.71. The Hall–Kier alpha value is -4.50. The van der Waals surface area contributed by atoms with Crippen molar-refractivity contribution in [2.75, 3.05) is 32.9 Å². The number of rotatable bonds is 23. The first-order valence-corrected chi connectivity index (χ1v) is 27.2. The first-order valence-electron chi connectivity index (χ1n) is 21.3. The molecular weight excluding hydrogens is 890 g/mol. The summed E-state index contributed by atoms with van der Waals surface area (Å²) in [4.78, 5) is 84.3. The van der Waals surface area contributed by atoms with Crippen LogP contribution >= 0.6 is 19.3 Å². The highest BCUT2D eigenvalue weighted by Crippen LogP contribution is 2.56. The van der Waals surface area contributed by atoms with Crippen molar-refractivity contribution in [3.05, 3.63) is 79.9 Å². The zero-order valence-corrected chi connectivity index (χ0v) is 40.4. The number of hydrogen-bond donors (Lipinski definition) is 0. The van der Waals surface area contributed by atoms with Crippen molar-refractivity contribution in [2.24, 2.45) is 10.9 Å². The van der Waals surface area contributed by atoms with E-state index in [1.807, 2.05) is 45.3 Å². The molecule has 0 radical (unpaired) electrons. The number of amidine groups is 1. The number of carbonyl (C=O) groups is 4. The van der Waals surface area contributed by atoms with E-state index in [0.29, 0.717) is 55.7 Å². The number of aliphatic imine (C=N–C) groups is 1. The third kappa shape index (κ3) is 14.5. The second-order valence-corrected chi connectivity index (χ2v) is 24.3. The fourth-order valence-electron chi connectivity index (χ4n) is 7.01. The number of likely N-dealkylation sites (tertiary alicyclic amines) is 2. The number of nitrogens with zero attached hydrogens (tertiary/aromatic N) is 5. The van der Waals surface area contributed by atoms with Crippen LogP contribution in [-0.4, -0.2) is 113 Å². The van der Waals surface area contributed by atoms with E-state index in [1.54, 1.807) is 13.8 Å². The van der Waals surface area contributed by atoms with Crippen LogP contribution in [0.3, 0.4) is 0 Å². The number of β-lactam (4-membered cyclic amide) rings is 1. The number of carbonyl (C=O) groups excluding carboxylic acids is 4. The van der Waals surface area contributed by atoms with Crippen molar-refractivity contribution >= 4 is 73.4 Å². The minimum Gasteiger partial charge on any atom is -0.456 e. The average molecular weight is 950 g/mol. The minimum absolute atomic E-state index is 0.0799. The molecule has 4 unspecified atom stereocenters. The number of nitro benzene ring substituents is 2. The van der Waals surface area contributed by atoms with E-state index in [2.05, 4.69) is 4.99 Å². The van der Waals surface area contributed by atoms with Gasteiger partial charge in [-0.05, 0) is 94.6 Å². The van der Waals surface area contributed by atoms with Crippen molar-refractivity contribution in [2.45, 2.75) is 117 Å². The summed E-state index contributed by atoms with van der Waals surface area (Å²) in [6.07, 6.45) is 0.570. The summed E-state index contributed by atoms with van der Waals surface area (Å²) >= 11 is 1.12. The second kappa shape index (κ2) is 24.1. The molecule has 352 valence electrons. The van der Waals surface area contributed by atoms with Crippen LogP contribution in [-0.2, 0) is 55.1 Å². The van der Waals surface area contributed by atoms with Crippen LogP contribution in [0, 0.1) is 26.1 Å². The number of thioether (sulfide) groups is 1. The Morgan fingerprint density at radius 2 is 1.36 bits per heavy atom. The van der Waals surface area contributed by atoms with E-state index in [1.165, 1.54) is 53.4 Å². The normalized spacial score (nSPS) is 18.3. The third-order valence-electron chi connectivity index (χ3n) is 9.94. The molecule has 0 N–H and O–H groups in total. The molecule has 0 spiro atoms. The summed E-state index contributed by atoms with van der Waals surface area (Å²) in [5.41, 5.74) is 0.548. The van der Waals surface area contributed by atoms with E-state index < -0.39 is 61.8 Å². The standard InChI is InChI=1S/C42H60N5O14PSSi/c1-9-22-58-62(59-23-10-2,60-24-11-3)40(41(50)56-27-31-12-16-33(17-13-31)46(52)53)45-36(38(39(45)49)29(4)61-64(6,7)8)25-37(48)63-35-20-21-44(26-35)30(5)43-42(51)57-28-32-14-18-34(19-15-32)47(54)55/h12-19,29,35-36,38H,9-11,20-28H2,1-8H3. The lowest BCUT2D eigenvalue weighted by atomic mass is 9.81. The molecular formula is C42H60N5O14PSSi. The third-order valence-corrected chi connectivity index (χ3v) is 14.6. The minimum atomic E-state index is -3.85. The maximum atomic E-state index is 14.6. The highest BCUT2D eigenvalue weighted by molar-refractivity contribution is 8.14. The van der Waals surface area contributed by atoms with Crippen LogP contribution in [0.15, 0.2) is 53.5 Å². The summed E-state index contributed by atoms with van der Waals surface area (Å²) < 4.78 is 36.7. The molecule has 2 amide bonds.